The van der Waals surface area contributed by atoms with Crippen molar-refractivity contribution in [3.63, 3.8) is 0 Å². The third-order valence-electron chi connectivity index (χ3n) is 4.13. The zero-order chi connectivity index (χ0) is 18.5. The first-order valence-electron chi connectivity index (χ1n) is 8.01. The molecule has 2 aromatic rings. The predicted octanol–water partition coefficient (Wildman–Crippen LogP) is 0.685. The van der Waals surface area contributed by atoms with Gasteiger partial charge in [-0.05, 0) is 6.42 Å². The second-order valence-electron chi connectivity index (χ2n) is 5.93. The number of hydrogen-bond donors (Lipinski definition) is 3. The molecule has 0 amide bonds. The molecule has 142 valence electrons. The van der Waals surface area contributed by atoms with Crippen molar-refractivity contribution in [1.82, 2.24) is 19.5 Å². The van der Waals surface area contributed by atoms with Gasteiger partial charge in [0.15, 0.2) is 28.4 Å². The number of thioether (sulfide) groups is 1. The van der Waals surface area contributed by atoms with E-state index in [1.807, 2.05) is 6.92 Å². The Morgan fingerprint density at radius 1 is 1.50 bits per heavy atom. The number of rotatable bonds is 4. The molecular formula is C13H18N5O6PS. The Balaban J connectivity index is 1.76. The predicted molar refractivity (Wildman–Crippen MR) is 91.3 cm³/mol. The highest BCUT2D eigenvalue weighted by molar-refractivity contribution is 7.99. The highest BCUT2D eigenvalue weighted by Gasteiger charge is 2.53. The van der Waals surface area contributed by atoms with E-state index in [-0.39, 0.29) is 12.4 Å². The molecule has 11 nitrogen and oxygen atoms in total. The van der Waals surface area contributed by atoms with Gasteiger partial charge in [0.1, 0.15) is 24.6 Å². The average molecular weight is 403 g/mol. The van der Waals surface area contributed by atoms with Gasteiger partial charge in [-0.25, -0.2) is 19.5 Å². The first kappa shape index (κ1) is 18.1. The number of phosphoric acid groups is 1. The molecule has 1 unspecified atom stereocenters. The Morgan fingerprint density at radius 2 is 2.31 bits per heavy atom. The van der Waals surface area contributed by atoms with Crippen LogP contribution in [0, 0.1) is 0 Å². The van der Waals surface area contributed by atoms with Crippen molar-refractivity contribution in [2.75, 3.05) is 18.1 Å². The number of aromatic nitrogens is 4. The molecule has 26 heavy (non-hydrogen) atoms. The van der Waals surface area contributed by atoms with E-state index in [1.54, 1.807) is 4.57 Å². The van der Waals surface area contributed by atoms with Crippen LogP contribution in [-0.4, -0.2) is 60.2 Å². The molecule has 0 bridgehead atoms. The fraction of sp³-hybridized carbons (Fsp3) is 0.615. The maximum atomic E-state index is 11.7. The minimum atomic E-state index is -4.20. The number of aliphatic hydroxyl groups excluding tert-OH is 1. The van der Waals surface area contributed by atoms with E-state index in [9.17, 15) is 14.6 Å². The van der Waals surface area contributed by atoms with Crippen molar-refractivity contribution in [2.45, 2.75) is 43.0 Å². The molecule has 0 aromatic carbocycles. The van der Waals surface area contributed by atoms with E-state index < -0.39 is 32.4 Å². The molecule has 0 aliphatic carbocycles. The lowest BCUT2D eigenvalue weighted by Crippen LogP contribution is -2.39. The van der Waals surface area contributed by atoms with Crippen LogP contribution in [0.1, 0.15) is 19.6 Å². The van der Waals surface area contributed by atoms with Gasteiger partial charge in [-0.2, -0.15) is 0 Å². The number of ether oxygens (including phenoxy) is 1. The Kier molecular flexibility index (Phi) is 4.68. The third-order valence-corrected chi connectivity index (χ3v) is 6.27. The summed E-state index contributed by atoms with van der Waals surface area (Å²) >= 11 is 1.46. The number of nitrogen functional groups attached to an aromatic ring is 1. The SMILES string of the molecule is CCCSc1nc2c(N)ncnc2n1[C@@H]1O[C@@H]2COP(=O)(O)O[C@H]2[C@H]1O. The van der Waals surface area contributed by atoms with Crippen LogP contribution in [-0.2, 0) is 18.3 Å². The first-order chi connectivity index (χ1) is 12.4. The Morgan fingerprint density at radius 3 is 3.08 bits per heavy atom. The molecule has 0 radical (unpaired) electrons. The fourth-order valence-electron chi connectivity index (χ4n) is 2.98. The summed E-state index contributed by atoms with van der Waals surface area (Å²) in [6, 6.07) is 0. The van der Waals surface area contributed by atoms with Crippen molar-refractivity contribution in [3.8, 4) is 0 Å². The van der Waals surface area contributed by atoms with Gasteiger partial charge in [-0.15, -0.1) is 0 Å². The van der Waals surface area contributed by atoms with Crippen molar-refractivity contribution in [3.05, 3.63) is 6.33 Å². The lowest BCUT2D eigenvalue weighted by molar-refractivity contribution is -0.0684. The van der Waals surface area contributed by atoms with Crippen LogP contribution in [0.3, 0.4) is 0 Å². The van der Waals surface area contributed by atoms with Gasteiger partial charge in [0, 0.05) is 5.75 Å². The smallest absolute Gasteiger partial charge is 0.386 e. The largest absolute Gasteiger partial charge is 0.472 e. The van der Waals surface area contributed by atoms with Gasteiger partial charge < -0.3 is 20.5 Å². The third kappa shape index (κ3) is 3.01. The van der Waals surface area contributed by atoms with Crippen LogP contribution in [0.15, 0.2) is 11.5 Å². The lowest BCUT2D eigenvalue weighted by atomic mass is 10.1. The standard InChI is InChI=1S/C13H18N5O6PS/c1-2-3-26-13-17-7-10(14)15-5-16-11(7)18(13)12-8(19)9-6(23-12)4-22-25(20,21)24-9/h5-6,8-9,12,19H,2-4H2,1H3,(H,20,21)(H2,14,15,16)/t6-,8-,9-,12-/m1/s1. The zero-order valence-electron chi connectivity index (χ0n) is 13.8. The molecular weight excluding hydrogens is 385 g/mol. The zero-order valence-corrected chi connectivity index (χ0v) is 15.5. The summed E-state index contributed by atoms with van der Waals surface area (Å²) in [4.78, 5) is 22.2. The van der Waals surface area contributed by atoms with Crippen LogP contribution < -0.4 is 5.73 Å². The molecule has 2 fully saturated rings. The molecule has 5 atom stereocenters. The molecule has 2 aliphatic heterocycles. The van der Waals surface area contributed by atoms with Crippen molar-refractivity contribution in [1.29, 1.82) is 0 Å². The second-order valence-corrected chi connectivity index (χ2v) is 8.40. The Labute approximate surface area is 152 Å². The minimum Gasteiger partial charge on any atom is -0.386 e. The summed E-state index contributed by atoms with van der Waals surface area (Å²) in [6.45, 7) is 1.88. The summed E-state index contributed by atoms with van der Waals surface area (Å²) in [5.41, 5.74) is 6.71. The normalized spacial score (nSPS) is 34.3. The molecule has 0 spiro atoms. The molecule has 4 heterocycles. The molecule has 4 rings (SSSR count). The molecule has 13 heteroatoms. The number of phosphoric ester groups is 1. The molecule has 2 aromatic heterocycles. The topological polar surface area (TPSA) is 155 Å². The summed E-state index contributed by atoms with van der Waals surface area (Å²) in [5, 5.41) is 11.3. The Bertz CT molecular complexity index is 880. The van der Waals surface area contributed by atoms with Crippen LogP contribution >= 0.6 is 19.6 Å². The van der Waals surface area contributed by atoms with E-state index in [0.29, 0.717) is 16.3 Å². The number of nitrogens with zero attached hydrogens (tertiary/aromatic N) is 4. The minimum absolute atomic E-state index is 0.160. The quantitative estimate of drug-likeness (QED) is 0.487. The van der Waals surface area contributed by atoms with Gasteiger partial charge in [0.2, 0.25) is 0 Å². The van der Waals surface area contributed by atoms with Gasteiger partial charge in [0.25, 0.3) is 0 Å². The second kappa shape index (κ2) is 6.71. The van der Waals surface area contributed by atoms with Gasteiger partial charge in [-0.1, -0.05) is 18.7 Å². The lowest BCUT2D eigenvalue weighted by Gasteiger charge is -2.27. The van der Waals surface area contributed by atoms with Gasteiger partial charge >= 0.3 is 7.82 Å². The van der Waals surface area contributed by atoms with E-state index in [4.69, 9.17) is 19.5 Å². The Hall–Kier alpha value is -1.27. The van der Waals surface area contributed by atoms with E-state index in [0.717, 1.165) is 12.2 Å². The number of fused-ring (bicyclic) bond motifs is 2. The average Bonchev–Trinajstić information content (AvgIpc) is 3.11. The van der Waals surface area contributed by atoms with Crippen LogP contribution in [0.4, 0.5) is 5.82 Å². The van der Waals surface area contributed by atoms with Crippen molar-refractivity contribution < 1.29 is 28.3 Å². The van der Waals surface area contributed by atoms with Crippen molar-refractivity contribution in [2.24, 2.45) is 0 Å². The number of anilines is 1. The fourth-order valence-corrected chi connectivity index (χ4v) is 4.82. The van der Waals surface area contributed by atoms with E-state index >= 15 is 0 Å². The maximum Gasteiger partial charge on any atom is 0.472 e. The van der Waals surface area contributed by atoms with E-state index in [1.165, 1.54) is 18.1 Å². The number of hydrogen-bond acceptors (Lipinski definition) is 10. The number of nitrogens with two attached hydrogens (primary N) is 1. The number of imidazole rings is 1. The van der Waals surface area contributed by atoms with Crippen LogP contribution in [0.5, 0.6) is 0 Å². The summed E-state index contributed by atoms with van der Waals surface area (Å²) in [7, 11) is -4.20. The molecule has 2 aliphatic rings. The summed E-state index contributed by atoms with van der Waals surface area (Å²) < 4.78 is 28.9. The highest BCUT2D eigenvalue weighted by Crippen LogP contribution is 2.53. The summed E-state index contributed by atoms with van der Waals surface area (Å²) in [6.07, 6.45) is -1.58. The van der Waals surface area contributed by atoms with Crippen LogP contribution in [0.2, 0.25) is 0 Å². The van der Waals surface area contributed by atoms with Gasteiger partial charge in [0.05, 0.1) is 6.61 Å². The van der Waals surface area contributed by atoms with Crippen LogP contribution in [0.25, 0.3) is 11.2 Å². The van der Waals surface area contributed by atoms with Crippen molar-refractivity contribution >= 4 is 36.6 Å². The number of aliphatic hydroxyl groups is 1. The molecule has 2 saturated heterocycles. The highest BCUT2D eigenvalue weighted by atomic mass is 32.2. The molecule has 0 saturated carbocycles. The van der Waals surface area contributed by atoms with E-state index in [2.05, 4.69) is 15.0 Å². The monoisotopic (exact) mass is 403 g/mol. The van der Waals surface area contributed by atoms with Gasteiger partial charge in [-0.3, -0.25) is 13.6 Å². The summed E-state index contributed by atoms with van der Waals surface area (Å²) in [5.74, 6) is 1.01. The molecule has 4 N–H and O–H groups in total. The first-order valence-corrected chi connectivity index (χ1v) is 10.5. The maximum absolute atomic E-state index is 11.7.